The van der Waals surface area contributed by atoms with Gasteiger partial charge in [0.2, 0.25) is 0 Å². The second-order valence-corrected chi connectivity index (χ2v) is 7.01. The number of rotatable bonds is 4. The number of benzene rings is 1. The molecule has 3 heterocycles. The summed E-state index contributed by atoms with van der Waals surface area (Å²) in [7, 11) is 0. The molecule has 4 rings (SSSR count). The Balaban J connectivity index is 1.63. The van der Waals surface area contributed by atoms with Gasteiger partial charge in [0.05, 0.1) is 11.3 Å². The smallest absolute Gasteiger partial charge is 0.256 e. The third-order valence-corrected chi connectivity index (χ3v) is 5.71. The Kier molecular flexibility index (Phi) is 4.57. The van der Waals surface area contributed by atoms with Crippen LogP contribution in [0.25, 0.3) is 5.69 Å². The van der Waals surface area contributed by atoms with Crippen LogP contribution in [-0.4, -0.2) is 57.2 Å². The predicted molar refractivity (Wildman–Crippen MR) is 97.9 cm³/mol. The summed E-state index contributed by atoms with van der Waals surface area (Å²) in [6.07, 6.45) is 8.33. The molecule has 5 heteroatoms. The lowest BCUT2D eigenvalue weighted by Crippen LogP contribution is -2.48. The van der Waals surface area contributed by atoms with Gasteiger partial charge in [0.25, 0.3) is 5.91 Å². The molecule has 1 amide bonds. The van der Waals surface area contributed by atoms with Crippen molar-refractivity contribution in [2.24, 2.45) is 0 Å². The molecule has 2 saturated heterocycles. The van der Waals surface area contributed by atoms with Crippen molar-refractivity contribution in [1.29, 1.82) is 0 Å². The maximum atomic E-state index is 13.4. The number of hydrogen-bond donors (Lipinski definition) is 0. The van der Waals surface area contributed by atoms with Gasteiger partial charge < -0.3 is 4.90 Å². The monoisotopic (exact) mass is 338 g/mol. The number of nitrogens with zero attached hydrogens (tertiary/aromatic N) is 4. The Morgan fingerprint density at radius 1 is 1.12 bits per heavy atom. The molecule has 2 aliphatic heterocycles. The molecular weight excluding hydrogens is 312 g/mol. The summed E-state index contributed by atoms with van der Waals surface area (Å²) in [6.45, 7) is 5.34. The first kappa shape index (κ1) is 16.3. The van der Waals surface area contributed by atoms with Gasteiger partial charge in [-0.05, 0) is 57.0 Å². The number of likely N-dealkylation sites (N-methyl/N-ethyl adjacent to an activating group) is 1. The summed E-state index contributed by atoms with van der Waals surface area (Å²) in [5.74, 6) is 0.150. The molecule has 0 saturated carbocycles. The van der Waals surface area contributed by atoms with Crippen LogP contribution in [0.4, 0.5) is 0 Å². The Morgan fingerprint density at radius 2 is 1.92 bits per heavy atom. The van der Waals surface area contributed by atoms with E-state index in [2.05, 4.69) is 21.8 Å². The lowest BCUT2D eigenvalue weighted by Gasteiger charge is -2.34. The predicted octanol–water partition coefficient (Wildman–Crippen LogP) is 2.96. The molecule has 0 radical (unpaired) electrons. The van der Waals surface area contributed by atoms with Crippen molar-refractivity contribution in [3.63, 3.8) is 0 Å². The van der Waals surface area contributed by atoms with Crippen LogP contribution in [0.2, 0.25) is 0 Å². The molecule has 0 aliphatic carbocycles. The van der Waals surface area contributed by atoms with Gasteiger partial charge in [-0.1, -0.05) is 19.1 Å². The van der Waals surface area contributed by atoms with Crippen LogP contribution in [0.3, 0.4) is 0 Å². The molecule has 0 N–H and O–H groups in total. The Labute approximate surface area is 149 Å². The normalized spacial score (nSPS) is 24.1. The van der Waals surface area contributed by atoms with Crippen molar-refractivity contribution in [1.82, 2.24) is 19.6 Å². The first-order valence-corrected chi connectivity index (χ1v) is 9.43. The van der Waals surface area contributed by atoms with Gasteiger partial charge in [0.1, 0.15) is 0 Å². The van der Waals surface area contributed by atoms with Gasteiger partial charge in [0, 0.05) is 31.0 Å². The summed E-state index contributed by atoms with van der Waals surface area (Å²) in [5, 5.41) is 4.32. The fourth-order valence-corrected chi connectivity index (χ4v) is 4.55. The van der Waals surface area contributed by atoms with Crippen LogP contribution in [0.5, 0.6) is 0 Å². The van der Waals surface area contributed by atoms with Crippen molar-refractivity contribution in [3.05, 3.63) is 48.3 Å². The average molecular weight is 338 g/mol. The summed E-state index contributed by atoms with van der Waals surface area (Å²) in [6, 6.07) is 10.6. The molecule has 1 aromatic carbocycles. The second-order valence-electron chi connectivity index (χ2n) is 7.01. The van der Waals surface area contributed by atoms with Gasteiger partial charge >= 0.3 is 0 Å². The van der Waals surface area contributed by atoms with E-state index in [4.69, 9.17) is 0 Å². The molecule has 0 bridgehead atoms. The van der Waals surface area contributed by atoms with Gasteiger partial charge in [-0.25, -0.2) is 4.68 Å². The summed E-state index contributed by atoms with van der Waals surface area (Å²) in [4.78, 5) is 18.1. The maximum absolute atomic E-state index is 13.4. The number of amides is 1. The van der Waals surface area contributed by atoms with Gasteiger partial charge in [0.15, 0.2) is 0 Å². The number of aromatic nitrogens is 2. The molecule has 2 aliphatic rings. The van der Waals surface area contributed by atoms with Crippen LogP contribution in [0.15, 0.2) is 42.7 Å². The summed E-state index contributed by atoms with van der Waals surface area (Å²) >= 11 is 0. The van der Waals surface area contributed by atoms with E-state index in [1.54, 1.807) is 10.9 Å². The number of carbonyl (C=O) groups excluding carboxylic acids is 1. The standard InChI is InChI=1S/C20H26N4O/c1-2-22-13-5-10-18(22)19-11-6-14-23(19)20(25)16-8-3-4-9-17(16)24-15-7-12-21-24/h3-4,7-9,12,15,18-19H,2,5-6,10-11,13-14H2,1H3/t18-,19-/m0/s1. The van der Waals surface area contributed by atoms with Crippen LogP contribution >= 0.6 is 0 Å². The fraction of sp³-hybridized carbons (Fsp3) is 0.500. The second kappa shape index (κ2) is 7.00. The van der Waals surface area contributed by atoms with E-state index >= 15 is 0 Å². The minimum Gasteiger partial charge on any atom is -0.334 e. The first-order chi connectivity index (χ1) is 12.3. The number of carbonyl (C=O) groups is 1. The average Bonchev–Trinajstić information content (AvgIpc) is 3.41. The minimum atomic E-state index is 0.150. The van der Waals surface area contributed by atoms with Crippen LogP contribution in [0.1, 0.15) is 43.0 Å². The number of hydrogen-bond acceptors (Lipinski definition) is 3. The van der Waals surface area contributed by atoms with E-state index in [9.17, 15) is 4.79 Å². The molecule has 25 heavy (non-hydrogen) atoms. The molecule has 2 atom stereocenters. The Bertz CT molecular complexity index is 727. The highest BCUT2D eigenvalue weighted by molar-refractivity contribution is 5.98. The van der Waals surface area contributed by atoms with Crippen molar-refractivity contribution >= 4 is 5.91 Å². The first-order valence-electron chi connectivity index (χ1n) is 9.43. The van der Waals surface area contributed by atoms with E-state index in [-0.39, 0.29) is 5.91 Å². The van der Waals surface area contributed by atoms with Crippen LogP contribution in [-0.2, 0) is 0 Å². The van der Waals surface area contributed by atoms with Gasteiger partial charge in [-0.15, -0.1) is 0 Å². The molecule has 0 unspecified atom stereocenters. The molecule has 1 aromatic heterocycles. The van der Waals surface area contributed by atoms with Crippen molar-refractivity contribution in [2.45, 2.75) is 44.7 Å². The van der Waals surface area contributed by atoms with Crippen molar-refractivity contribution < 1.29 is 4.79 Å². The highest BCUT2D eigenvalue weighted by Gasteiger charge is 2.39. The van der Waals surface area contributed by atoms with E-state index in [1.807, 2.05) is 36.5 Å². The van der Waals surface area contributed by atoms with E-state index in [0.29, 0.717) is 12.1 Å². The van der Waals surface area contributed by atoms with E-state index in [1.165, 1.54) is 19.4 Å². The highest BCUT2D eigenvalue weighted by atomic mass is 16.2. The third kappa shape index (κ3) is 2.97. The zero-order valence-electron chi connectivity index (χ0n) is 14.8. The highest BCUT2D eigenvalue weighted by Crippen LogP contribution is 2.31. The lowest BCUT2D eigenvalue weighted by molar-refractivity contribution is 0.0650. The maximum Gasteiger partial charge on any atom is 0.256 e. The number of para-hydroxylation sites is 1. The summed E-state index contributed by atoms with van der Waals surface area (Å²) in [5.41, 5.74) is 1.61. The molecule has 0 spiro atoms. The quantitative estimate of drug-likeness (QED) is 0.861. The van der Waals surface area contributed by atoms with Crippen LogP contribution in [0, 0.1) is 0 Å². The molecule has 2 fully saturated rings. The fourth-order valence-electron chi connectivity index (χ4n) is 4.55. The third-order valence-electron chi connectivity index (χ3n) is 5.71. The van der Waals surface area contributed by atoms with Gasteiger partial charge in [-0.3, -0.25) is 9.69 Å². The van der Waals surface area contributed by atoms with Crippen molar-refractivity contribution in [3.8, 4) is 5.69 Å². The van der Waals surface area contributed by atoms with E-state index in [0.717, 1.165) is 37.2 Å². The Hall–Kier alpha value is -2.14. The zero-order chi connectivity index (χ0) is 17.2. The van der Waals surface area contributed by atoms with Crippen LogP contribution < -0.4 is 0 Å². The van der Waals surface area contributed by atoms with Crippen molar-refractivity contribution in [2.75, 3.05) is 19.6 Å². The summed E-state index contributed by atoms with van der Waals surface area (Å²) < 4.78 is 1.78. The van der Waals surface area contributed by atoms with Gasteiger partial charge in [-0.2, -0.15) is 5.10 Å². The Morgan fingerprint density at radius 3 is 2.72 bits per heavy atom. The molecule has 132 valence electrons. The minimum absolute atomic E-state index is 0.150. The zero-order valence-corrected chi connectivity index (χ0v) is 14.8. The molecular formula is C20H26N4O. The molecule has 5 nitrogen and oxygen atoms in total. The largest absolute Gasteiger partial charge is 0.334 e. The molecule has 2 aromatic rings. The number of likely N-dealkylation sites (tertiary alicyclic amines) is 2. The lowest BCUT2D eigenvalue weighted by atomic mass is 10.0. The SMILES string of the molecule is CCN1CCC[C@H]1[C@@H]1CCCN1C(=O)c1ccccc1-n1cccn1. The topological polar surface area (TPSA) is 41.4 Å². The van der Waals surface area contributed by atoms with E-state index < -0.39 is 0 Å².